The van der Waals surface area contributed by atoms with Crippen molar-refractivity contribution in [3.05, 3.63) is 35.4 Å². The van der Waals surface area contributed by atoms with Gasteiger partial charge in [-0.05, 0) is 56.6 Å². The van der Waals surface area contributed by atoms with E-state index in [1.54, 1.807) is 0 Å². The molecule has 104 valence electrons. The summed E-state index contributed by atoms with van der Waals surface area (Å²) in [5.41, 5.74) is 7.30. The molecule has 0 atom stereocenters. The first-order valence-corrected chi connectivity index (χ1v) is 6.95. The zero-order valence-electron chi connectivity index (χ0n) is 11.6. The van der Waals surface area contributed by atoms with E-state index in [2.05, 4.69) is 17.3 Å². The van der Waals surface area contributed by atoms with E-state index in [0.29, 0.717) is 18.0 Å². The number of hydrogen-bond donors (Lipinski definition) is 2. The highest BCUT2D eigenvalue weighted by Gasteiger charge is 2.17. The molecule has 1 aliphatic heterocycles. The van der Waals surface area contributed by atoms with E-state index in [0.717, 1.165) is 25.2 Å². The van der Waals surface area contributed by atoms with Gasteiger partial charge in [-0.25, -0.2) is 0 Å². The second-order valence-electron chi connectivity index (χ2n) is 5.36. The summed E-state index contributed by atoms with van der Waals surface area (Å²) in [5.74, 6) is 0.631. The minimum absolute atomic E-state index is 0.0162. The van der Waals surface area contributed by atoms with Crippen LogP contribution < -0.4 is 11.1 Å². The van der Waals surface area contributed by atoms with Crippen LogP contribution in [-0.4, -0.2) is 37.5 Å². The van der Waals surface area contributed by atoms with E-state index < -0.39 is 0 Å². The van der Waals surface area contributed by atoms with Gasteiger partial charge in [0, 0.05) is 18.7 Å². The number of amides is 1. The van der Waals surface area contributed by atoms with Crippen LogP contribution in [0.3, 0.4) is 0 Å². The van der Waals surface area contributed by atoms with E-state index in [4.69, 9.17) is 5.73 Å². The van der Waals surface area contributed by atoms with Crippen molar-refractivity contribution in [2.45, 2.75) is 19.4 Å². The molecule has 0 unspecified atom stereocenters. The Labute approximate surface area is 115 Å². The van der Waals surface area contributed by atoms with Gasteiger partial charge in [0.15, 0.2) is 0 Å². The molecule has 0 bridgehead atoms. The van der Waals surface area contributed by atoms with Crippen molar-refractivity contribution in [2.24, 2.45) is 11.7 Å². The topological polar surface area (TPSA) is 58.4 Å². The third kappa shape index (κ3) is 4.04. The van der Waals surface area contributed by atoms with Crippen LogP contribution in [0.15, 0.2) is 24.3 Å². The molecule has 2 rings (SSSR count). The maximum Gasteiger partial charge on any atom is 0.251 e. The smallest absolute Gasteiger partial charge is 0.251 e. The Morgan fingerprint density at radius 3 is 2.53 bits per heavy atom. The summed E-state index contributed by atoms with van der Waals surface area (Å²) < 4.78 is 0. The first kappa shape index (κ1) is 14.0. The van der Waals surface area contributed by atoms with Gasteiger partial charge >= 0.3 is 0 Å². The van der Waals surface area contributed by atoms with E-state index in [1.165, 1.54) is 12.8 Å². The van der Waals surface area contributed by atoms with E-state index in [1.807, 2.05) is 24.3 Å². The van der Waals surface area contributed by atoms with Gasteiger partial charge in [-0.2, -0.15) is 0 Å². The van der Waals surface area contributed by atoms with E-state index in [9.17, 15) is 4.79 Å². The Hall–Kier alpha value is -1.39. The average molecular weight is 261 g/mol. The summed E-state index contributed by atoms with van der Waals surface area (Å²) in [6.07, 6.45) is 2.34. The fraction of sp³-hybridized carbons (Fsp3) is 0.533. The number of carbonyl (C=O) groups is 1. The summed E-state index contributed by atoms with van der Waals surface area (Å²) in [7, 11) is 2.15. The lowest BCUT2D eigenvalue weighted by molar-refractivity contribution is 0.0939. The van der Waals surface area contributed by atoms with Crippen LogP contribution in [0.5, 0.6) is 0 Å². The van der Waals surface area contributed by atoms with Gasteiger partial charge in [0.2, 0.25) is 0 Å². The molecular weight excluding hydrogens is 238 g/mol. The molecule has 4 heteroatoms. The monoisotopic (exact) mass is 261 g/mol. The molecule has 1 amide bonds. The lowest BCUT2D eigenvalue weighted by Crippen LogP contribution is -2.36. The minimum atomic E-state index is 0.0162. The molecule has 1 fully saturated rings. The molecule has 1 aliphatic rings. The first-order valence-electron chi connectivity index (χ1n) is 6.95. The van der Waals surface area contributed by atoms with Gasteiger partial charge in [0.05, 0.1) is 0 Å². The number of nitrogens with two attached hydrogens (primary N) is 1. The average Bonchev–Trinajstić information content (AvgIpc) is 2.46. The van der Waals surface area contributed by atoms with Crippen LogP contribution >= 0.6 is 0 Å². The molecular formula is C15H23N3O. The van der Waals surface area contributed by atoms with E-state index >= 15 is 0 Å². The number of hydrogen-bond acceptors (Lipinski definition) is 3. The first-order chi connectivity index (χ1) is 9.19. The van der Waals surface area contributed by atoms with Crippen LogP contribution in [0.25, 0.3) is 0 Å². The van der Waals surface area contributed by atoms with Crippen LogP contribution in [0.2, 0.25) is 0 Å². The standard InChI is InChI=1S/C15H23N3O/c1-18-8-6-13(7-9-18)11-17-15(19)14-4-2-12(10-16)3-5-14/h2-5,13H,6-11,16H2,1H3,(H,17,19). The highest BCUT2D eigenvalue weighted by atomic mass is 16.1. The number of carbonyl (C=O) groups excluding carboxylic acids is 1. The normalized spacial score (nSPS) is 17.4. The Morgan fingerprint density at radius 1 is 1.32 bits per heavy atom. The predicted octanol–water partition coefficient (Wildman–Crippen LogP) is 1.22. The molecule has 0 saturated carbocycles. The zero-order chi connectivity index (χ0) is 13.7. The fourth-order valence-electron chi connectivity index (χ4n) is 2.40. The molecule has 1 aromatic carbocycles. The van der Waals surface area contributed by atoms with Gasteiger partial charge in [-0.1, -0.05) is 12.1 Å². The lowest BCUT2D eigenvalue weighted by atomic mass is 9.97. The number of rotatable bonds is 4. The van der Waals surface area contributed by atoms with E-state index in [-0.39, 0.29) is 5.91 Å². The maximum atomic E-state index is 12.0. The van der Waals surface area contributed by atoms with Crippen molar-refractivity contribution in [2.75, 3.05) is 26.7 Å². The Bertz CT molecular complexity index is 408. The van der Waals surface area contributed by atoms with Crippen LogP contribution in [0, 0.1) is 5.92 Å². The summed E-state index contributed by atoms with van der Waals surface area (Å²) >= 11 is 0. The van der Waals surface area contributed by atoms with Crippen molar-refractivity contribution in [1.29, 1.82) is 0 Å². The van der Waals surface area contributed by atoms with Crippen molar-refractivity contribution in [3.8, 4) is 0 Å². The molecule has 1 heterocycles. The van der Waals surface area contributed by atoms with Gasteiger partial charge in [0.25, 0.3) is 5.91 Å². The molecule has 19 heavy (non-hydrogen) atoms. The highest BCUT2D eigenvalue weighted by Crippen LogP contribution is 2.15. The zero-order valence-corrected chi connectivity index (χ0v) is 11.6. The van der Waals surface area contributed by atoms with Gasteiger partial charge in [-0.15, -0.1) is 0 Å². The third-order valence-electron chi connectivity index (χ3n) is 3.84. The molecule has 0 aliphatic carbocycles. The summed E-state index contributed by atoms with van der Waals surface area (Å²) in [4.78, 5) is 14.3. The second kappa shape index (κ2) is 6.68. The minimum Gasteiger partial charge on any atom is -0.352 e. The van der Waals surface area contributed by atoms with Crippen molar-refractivity contribution in [1.82, 2.24) is 10.2 Å². The lowest BCUT2D eigenvalue weighted by Gasteiger charge is -2.28. The molecule has 3 N–H and O–H groups in total. The molecule has 0 aromatic heterocycles. The number of benzene rings is 1. The number of nitrogens with one attached hydrogen (secondary N) is 1. The third-order valence-corrected chi connectivity index (χ3v) is 3.84. The Kier molecular flexibility index (Phi) is 4.93. The quantitative estimate of drug-likeness (QED) is 0.856. The van der Waals surface area contributed by atoms with Crippen LogP contribution in [0.1, 0.15) is 28.8 Å². The molecule has 0 spiro atoms. The number of nitrogens with zero attached hydrogens (tertiary/aromatic N) is 1. The molecule has 4 nitrogen and oxygen atoms in total. The SMILES string of the molecule is CN1CCC(CNC(=O)c2ccc(CN)cc2)CC1. The molecule has 0 radical (unpaired) electrons. The maximum absolute atomic E-state index is 12.0. The Morgan fingerprint density at radius 2 is 1.95 bits per heavy atom. The van der Waals surface area contributed by atoms with Crippen molar-refractivity contribution in [3.63, 3.8) is 0 Å². The van der Waals surface area contributed by atoms with Crippen molar-refractivity contribution < 1.29 is 4.79 Å². The van der Waals surface area contributed by atoms with Crippen LogP contribution in [0.4, 0.5) is 0 Å². The predicted molar refractivity (Wildman–Crippen MR) is 76.9 cm³/mol. The summed E-state index contributed by atoms with van der Waals surface area (Å²) in [6, 6.07) is 7.49. The molecule has 1 saturated heterocycles. The summed E-state index contributed by atoms with van der Waals surface area (Å²) in [5, 5.41) is 3.03. The highest BCUT2D eigenvalue weighted by molar-refractivity contribution is 5.94. The van der Waals surface area contributed by atoms with Gasteiger partial charge in [0.1, 0.15) is 0 Å². The number of piperidine rings is 1. The second-order valence-corrected chi connectivity index (χ2v) is 5.36. The fourth-order valence-corrected chi connectivity index (χ4v) is 2.40. The van der Waals surface area contributed by atoms with Crippen molar-refractivity contribution >= 4 is 5.91 Å². The molecule has 1 aromatic rings. The largest absolute Gasteiger partial charge is 0.352 e. The van der Waals surface area contributed by atoms with Gasteiger partial charge < -0.3 is 16.0 Å². The van der Waals surface area contributed by atoms with Crippen LogP contribution in [-0.2, 0) is 6.54 Å². The summed E-state index contributed by atoms with van der Waals surface area (Å²) in [6.45, 7) is 3.56. The Balaban J connectivity index is 1.80. The van der Waals surface area contributed by atoms with Gasteiger partial charge in [-0.3, -0.25) is 4.79 Å². The number of likely N-dealkylation sites (tertiary alicyclic amines) is 1.